The van der Waals surface area contributed by atoms with Gasteiger partial charge in [-0.15, -0.1) is 0 Å². The summed E-state index contributed by atoms with van der Waals surface area (Å²) < 4.78 is 24.2. The molecule has 0 fully saturated rings. The molecule has 0 saturated carbocycles. The fourth-order valence-corrected chi connectivity index (χ4v) is 1.53. The molecule has 0 bridgehead atoms. The maximum Gasteiger partial charge on any atom is 0.169 e. The second-order valence-electron chi connectivity index (χ2n) is 3.66. The first kappa shape index (κ1) is 13.9. The maximum absolute atomic E-state index is 13.9. The van der Waals surface area contributed by atoms with Gasteiger partial charge in [0.15, 0.2) is 11.6 Å². The van der Waals surface area contributed by atoms with Crippen molar-refractivity contribution in [2.75, 3.05) is 20.3 Å². The van der Waals surface area contributed by atoms with Gasteiger partial charge in [0.25, 0.3) is 0 Å². The Hall–Kier alpha value is -1.17. The Morgan fingerprint density at radius 1 is 1.47 bits per heavy atom. The molecule has 0 spiro atoms. The number of nitrogens with two attached hydrogens (primary N) is 1. The van der Waals surface area contributed by atoms with Gasteiger partial charge in [-0.05, 0) is 12.5 Å². The number of ether oxygens (including phenoxy) is 2. The van der Waals surface area contributed by atoms with E-state index in [1.54, 1.807) is 18.2 Å². The van der Waals surface area contributed by atoms with Crippen molar-refractivity contribution >= 4 is 0 Å². The van der Waals surface area contributed by atoms with Crippen LogP contribution in [0.3, 0.4) is 0 Å². The highest BCUT2D eigenvalue weighted by molar-refractivity contribution is 5.33. The van der Waals surface area contributed by atoms with Crippen LogP contribution in [0.5, 0.6) is 5.75 Å². The van der Waals surface area contributed by atoms with Gasteiger partial charge in [-0.25, -0.2) is 4.39 Å². The average Bonchev–Trinajstić information content (AvgIpc) is 2.36. The van der Waals surface area contributed by atoms with Crippen LogP contribution in [0.25, 0.3) is 0 Å². The van der Waals surface area contributed by atoms with Crippen molar-refractivity contribution in [3.8, 4) is 5.75 Å². The second-order valence-corrected chi connectivity index (χ2v) is 3.66. The van der Waals surface area contributed by atoms with Gasteiger partial charge in [-0.2, -0.15) is 0 Å². The summed E-state index contributed by atoms with van der Waals surface area (Å²) in [6.07, 6.45) is 0.915. The standard InChI is InChI=1S/C12H19FN2O2/c1-3-7-17-8-10(15-14)9-5-4-6-11(16-2)12(9)13/h4-6,10,15H,3,7-8,14H2,1-2H3. The van der Waals surface area contributed by atoms with E-state index >= 15 is 0 Å². The van der Waals surface area contributed by atoms with Gasteiger partial charge in [0.2, 0.25) is 0 Å². The van der Waals surface area contributed by atoms with Gasteiger partial charge in [0.1, 0.15) is 0 Å². The molecule has 3 N–H and O–H groups in total. The van der Waals surface area contributed by atoms with E-state index in [4.69, 9.17) is 15.3 Å². The van der Waals surface area contributed by atoms with E-state index in [-0.39, 0.29) is 11.8 Å². The van der Waals surface area contributed by atoms with Gasteiger partial charge in [0.05, 0.1) is 19.8 Å². The zero-order valence-corrected chi connectivity index (χ0v) is 10.2. The van der Waals surface area contributed by atoms with E-state index in [9.17, 15) is 4.39 Å². The van der Waals surface area contributed by atoms with E-state index < -0.39 is 5.82 Å². The lowest BCUT2D eigenvalue weighted by Gasteiger charge is -2.18. The summed E-state index contributed by atoms with van der Waals surface area (Å²) in [6.45, 7) is 2.97. The fourth-order valence-electron chi connectivity index (χ4n) is 1.53. The predicted octanol–water partition coefficient (Wildman–Crippen LogP) is 1.77. The third-order valence-corrected chi connectivity index (χ3v) is 2.42. The highest BCUT2D eigenvalue weighted by Gasteiger charge is 2.17. The first-order valence-corrected chi connectivity index (χ1v) is 5.60. The number of hydrogen-bond donors (Lipinski definition) is 2. The average molecular weight is 242 g/mol. The minimum Gasteiger partial charge on any atom is -0.494 e. The third kappa shape index (κ3) is 3.66. The monoisotopic (exact) mass is 242 g/mol. The van der Waals surface area contributed by atoms with E-state index in [2.05, 4.69) is 5.43 Å². The minimum atomic E-state index is -0.405. The molecular formula is C12H19FN2O2. The van der Waals surface area contributed by atoms with Crippen molar-refractivity contribution < 1.29 is 13.9 Å². The molecule has 17 heavy (non-hydrogen) atoms. The van der Waals surface area contributed by atoms with Crippen LogP contribution in [0.15, 0.2) is 18.2 Å². The van der Waals surface area contributed by atoms with Crippen LogP contribution in [-0.2, 0) is 4.74 Å². The molecule has 0 aliphatic carbocycles. The number of hydrazine groups is 1. The van der Waals surface area contributed by atoms with Crippen LogP contribution >= 0.6 is 0 Å². The topological polar surface area (TPSA) is 56.5 Å². The lowest BCUT2D eigenvalue weighted by atomic mass is 10.1. The second kappa shape index (κ2) is 7.21. The Morgan fingerprint density at radius 2 is 2.24 bits per heavy atom. The van der Waals surface area contributed by atoms with Crippen molar-refractivity contribution in [1.29, 1.82) is 0 Å². The number of hydrogen-bond acceptors (Lipinski definition) is 4. The quantitative estimate of drug-likeness (QED) is 0.434. The summed E-state index contributed by atoms with van der Waals surface area (Å²) in [5, 5.41) is 0. The van der Waals surface area contributed by atoms with Crippen LogP contribution in [0.4, 0.5) is 4.39 Å². The molecule has 1 atom stereocenters. The molecule has 1 aromatic rings. The molecule has 4 nitrogen and oxygen atoms in total. The molecule has 1 rings (SSSR count). The number of methoxy groups -OCH3 is 1. The fraction of sp³-hybridized carbons (Fsp3) is 0.500. The first-order chi connectivity index (χ1) is 8.24. The molecule has 0 aliphatic heterocycles. The summed E-state index contributed by atoms with van der Waals surface area (Å²) in [5.74, 6) is 5.21. The summed E-state index contributed by atoms with van der Waals surface area (Å²) >= 11 is 0. The van der Waals surface area contributed by atoms with E-state index in [1.807, 2.05) is 6.92 Å². The summed E-state index contributed by atoms with van der Waals surface area (Å²) in [6, 6.07) is 4.58. The number of halogens is 1. The zero-order chi connectivity index (χ0) is 12.7. The summed E-state index contributed by atoms with van der Waals surface area (Å²) in [4.78, 5) is 0. The molecule has 0 aromatic heterocycles. The lowest BCUT2D eigenvalue weighted by molar-refractivity contribution is 0.111. The molecule has 0 heterocycles. The van der Waals surface area contributed by atoms with Gasteiger partial charge in [-0.3, -0.25) is 11.3 Å². The zero-order valence-electron chi connectivity index (χ0n) is 10.2. The molecule has 0 aliphatic rings. The minimum absolute atomic E-state index is 0.207. The van der Waals surface area contributed by atoms with E-state index in [0.29, 0.717) is 18.8 Å². The highest BCUT2D eigenvalue weighted by Crippen LogP contribution is 2.24. The predicted molar refractivity (Wildman–Crippen MR) is 64.1 cm³/mol. The van der Waals surface area contributed by atoms with E-state index in [1.165, 1.54) is 7.11 Å². The molecule has 96 valence electrons. The first-order valence-electron chi connectivity index (χ1n) is 5.60. The van der Waals surface area contributed by atoms with Crippen LogP contribution in [-0.4, -0.2) is 20.3 Å². The van der Waals surface area contributed by atoms with E-state index in [0.717, 1.165) is 6.42 Å². The number of rotatable bonds is 7. The van der Waals surface area contributed by atoms with Gasteiger partial charge in [0, 0.05) is 12.2 Å². The Bertz CT molecular complexity index is 347. The largest absolute Gasteiger partial charge is 0.494 e. The Balaban J connectivity index is 2.80. The molecule has 0 amide bonds. The van der Waals surface area contributed by atoms with Gasteiger partial charge in [-0.1, -0.05) is 19.1 Å². The maximum atomic E-state index is 13.9. The Labute approximate surface area is 101 Å². The Morgan fingerprint density at radius 3 is 2.82 bits per heavy atom. The van der Waals surface area contributed by atoms with Crippen LogP contribution < -0.4 is 16.0 Å². The van der Waals surface area contributed by atoms with Crippen molar-refractivity contribution in [2.24, 2.45) is 5.84 Å². The summed E-state index contributed by atoms with van der Waals surface area (Å²) in [5.41, 5.74) is 3.00. The van der Waals surface area contributed by atoms with Crippen molar-refractivity contribution in [2.45, 2.75) is 19.4 Å². The van der Waals surface area contributed by atoms with Crippen molar-refractivity contribution in [1.82, 2.24) is 5.43 Å². The molecule has 0 saturated heterocycles. The molecule has 1 aromatic carbocycles. The number of nitrogens with one attached hydrogen (secondary N) is 1. The summed E-state index contributed by atoms with van der Waals surface area (Å²) in [7, 11) is 1.43. The van der Waals surface area contributed by atoms with Crippen LogP contribution in [0, 0.1) is 5.82 Å². The van der Waals surface area contributed by atoms with Gasteiger partial charge >= 0.3 is 0 Å². The number of benzene rings is 1. The van der Waals surface area contributed by atoms with Crippen molar-refractivity contribution in [3.05, 3.63) is 29.6 Å². The normalized spacial score (nSPS) is 12.5. The smallest absolute Gasteiger partial charge is 0.169 e. The van der Waals surface area contributed by atoms with Crippen LogP contribution in [0.2, 0.25) is 0 Å². The van der Waals surface area contributed by atoms with Crippen LogP contribution in [0.1, 0.15) is 24.9 Å². The molecular weight excluding hydrogens is 223 g/mol. The van der Waals surface area contributed by atoms with Gasteiger partial charge < -0.3 is 9.47 Å². The van der Waals surface area contributed by atoms with Crippen molar-refractivity contribution in [3.63, 3.8) is 0 Å². The Kier molecular flexibility index (Phi) is 5.90. The lowest BCUT2D eigenvalue weighted by Crippen LogP contribution is -2.32. The SMILES string of the molecule is CCCOCC(NN)c1cccc(OC)c1F. The highest BCUT2D eigenvalue weighted by atomic mass is 19.1. The molecule has 1 unspecified atom stereocenters. The molecule has 0 radical (unpaired) electrons. The third-order valence-electron chi connectivity index (χ3n) is 2.42. The molecule has 5 heteroatoms.